The molecule has 0 saturated heterocycles. The monoisotopic (exact) mass is 412 g/mol. The van der Waals surface area contributed by atoms with Gasteiger partial charge >= 0.3 is 11.9 Å². The highest BCUT2D eigenvalue weighted by Crippen LogP contribution is 2.24. The van der Waals surface area contributed by atoms with E-state index in [0.29, 0.717) is 5.56 Å². The highest BCUT2D eigenvalue weighted by molar-refractivity contribution is 7.66. The summed E-state index contributed by atoms with van der Waals surface area (Å²) in [6.45, 7) is 3.47. The molecular formula is C23H25O5P. The van der Waals surface area contributed by atoms with Crippen molar-refractivity contribution in [1.29, 1.82) is 0 Å². The summed E-state index contributed by atoms with van der Waals surface area (Å²) in [5, 5.41) is 13.5. The first-order chi connectivity index (χ1) is 13.8. The van der Waals surface area contributed by atoms with Crippen molar-refractivity contribution in [3.8, 4) is 0 Å². The third-order valence-electron chi connectivity index (χ3n) is 3.86. The van der Waals surface area contributed by atoms with E-state index in [-0.39, 0.29) is 24.7 Å². The minimum absolute atomic E-state index is 0.104. The van der Waals surface area contributed by atoms with Crippen LogP contribution in [0.4, 0.5) is 0 Å². The molecule has 0 radical (unpaired) electrons. The fraction of sp³-hybridized carbons (Fsp3) is 0.261. The van der Waals surface area contributed by atoms with Crippen LogP contribution in [0.3, 0.4) is 0 Å². The molecule has 0 aliphatic carbocycles. The van der Waals surface area contributed by atoms with E-state index in [4.69, 9.17) is 9.47 Å². The quantitative estimate of drug-likeness (QED) is 0.359. The minimum Gasteiger partial charge on any atom is -0.873 e. The molecule has 0 heterocycles. The first-order valence-corrected chi connectivity index (χ1v) is 10.9. The highest BCUT2D eigenvalue weighted by Gasteiger charge is 2.21. The van der Waals surface area contributed by atoms with Crippen LogP contribution >= 0.6 is 7.55 Å². The topological polar surface area (TPSA) is 75.7 Å². The molecule has 1 unspecified atom stereocenters. The van der Waals surface area contributed by atoms with E-state index in [1.54, 1.807) is 50.0 Å². The van der Waals surface area contributed by atoms with Gasteiger partial charge in [-0.15, -0.1) is 0 Å². The van der Waals surface area contributed by atoms with Crippen LogP contribution < -0.4 is 10.4 Å². The van der Waals surface area contributed by atoms with Crippen molar-refractivity contribution in [3.05, 3.63) is 77.8 Å². The largest absolute Gasteiger partial charge is 0.873 e. The van der Waals surface area contributed by atoms with Crippen molar-refractivity contribution in [2.24, 2.45) is 0 Å². The summed E-state index contributed by atoms with van der Waals surface area (Å²) >= 11 is 0. The zero-order chi connectivity index (χ0) is 21.2. The maximum atomic E-state index is 12.5. The number of hydrogen-bond donors (Lipinski definition) is 0. The van der Waals surface area contributed by atoms with E-state index in [1.807, 2.05) is 30.3 Å². The third kappa shape index (κ3) is 7.92. The van der Waals surface area contributed by atoms with E-state index in [9.17, 15) is 14.7 Å². The third-order valence-corrected chi connectivity index (χ3v) is 5.42. The first-order valence-electron chi connectivity index (χ1n) is 9.33. The molecule has 6 heteroatoms. The molecule has 0 aliphatic heterocycles. The lowest BCUT2D eigenvalue weighted by molar-refractivity contribution is -0.308. The highest BCUT2D eigenvalue weighted by atomic mass is 31.1. The van der Waals surface area contributed by atoms with Gasteiger partial charge in [-0.3, -0.25) is 4.79 Å². The van der Waals surface area contributed by atoms with Gasteiger partial charge in [0.1, 0.15) is 11.9 Å². The Morgan fingerprint density at radius 3 is 2.17 bits per heavy atom. The Balaban J connectivity index is 2.11. The summed E-state index contributed by atoms with van der Waals surface area (Å²) in [4.78, 5) is 24.4. The molecule has 5 nitrogen and oxygen atoms in total. The Hall–Kier alpha value is -2.91. The van der Waals surface area contributed by atoms with Gasteiger partial charge < -0.3 is 14.6 Å². The number of rotatable bonds is 9. The lowest BCUT2D eigenvalue weighted by atomic mass is 10.1. The van der Waals surface area contributed by atoms with Crippen LogP contribution in [0.15, 0.2) is 72.2 Å². The molecular weight excluding hydrogens is 387 g/mol. The number of hydrogen-bond acceptors (Lipinski definition) is 5. The molecule has 2 aromatic carbocycles. The van der Waals surface area contributed by atoms with Gasteiger partial charge in [0.2, 0.25) is 0 Å². The van der Waals surface area contributed by atoms with Gasteiger partial charge in [-0.05, 0) is 44.5 Å². The molecule has 29 heavy (non-hydrogen) atoms. The lowest BCUT2D eigenvalue weighted by Gasteiger charge is -2.21. The van der Waals surface area contributed by atoms with Crippen molar-refractivity contribution < 1.29 is 24.2 Å². The van der Waals surface area contributed by atoms with E-state index in [2.05, 4.69) is 6.30 Å². The number of benzene rings is 2. The standard InChI is InChI=1S/C23H25O5P/c1-17(2)27-22(25)15-20(28-23(26)18-10-6-4-7-11-18)14-19(24)16-29(3)21-12-8-5-9-13-21/h4-13,16-17,20H,3,14-15H2,1-2H3/t20-/m1/s1. The van der Waals surface area contributed by atoms with Crippen molar-refractivity contribution in [2.75, 3.05) is 0 Å². The Morgan fingerprint density at radius 1 is 1.00 bits per heavy atom. The van der Waals surface area contributed by atoms with Crippen molar-refractivity contribution in [2.45, 2.75) is 38.9 Å². The predicted molar refractivity (Wildman–Crippen MR) is 114 cm³/mol. The molecule has 0 aliphatic rings. The summed E-state index contributed by atoms with van der Waals surface area (Å²) in [5.41, 5.74) is 0.356. The molecule has 0 aromatic heterocycles. The average molecular weight is 412 g/mol. The molecule has 0 spiro atoms. The summed E-state index contributed by atoms with van der Waals surface area (Å²) in [6, 6.07) is 17.9. The molecule has 2 rings (SSSR count). The van der Waals surface area contributed by atoms with Crippen LogP contribution in [0.5, 0.6) is 0 Å². The second kappa shape index (κ2) is 11.2. The second-order valence-corrected chi connectivity index (χ2v) is 8.46. The van der Waals surface area contributed by atoms with Crippen molar-refractivity contribution in [1.82, 2.24) is 0 Å². The van der Waals surface area contributed by atoms with Crippen LogP contribution in [-0.2, 0) is 14.3 Å². The van der Waals surface area contributed by atoms with Crippen molar-refractivity contribution in [3.63, 3.8) is 0 Å². The van der Waals surface area contributed by atoms with Gasteiger partial charge in [-0.2, -0.15) is 0 Å². The molecule has 2 aromatic rings. The SMILES string of the molecule is C=[P+](C=C([O-])C[C@H](CC(=O)OC(C)C)OC(=O)c1ccccc1)c1ccccc1. The smallest absolute Gasteiger partial charge is 0.338 e. The van der Waals surface area contributed by atoms with Gasteiger partial charge in [-0.25, -0.2) is 4.79 Å². The number of carbonyl (C=O) groups is 2. The second-order valence-electron chi connectivity index (χ2n) is 6.74. The number of esters is 2. The van der Waals surface area contributed by atoms with Crippen LogP contribution in [0, 0.1) is 0 Å². The molecule has 0 bridgehead atoms. The molecule has 0 amide bonds. The van der Waals surface area contributed by atoms with Crippen molar-refractivity contribution >= 4 is 31.1 Å². The molecule has 152 valence electrons. The molecule has 2 atom stereocenters. The van der Waals surface area contributed by atoms with Gasteiger partial charge in [-0.1, -0.05) is 42.2 Å². The zero-order valence-corrected chi connectivity index (χ0v) is 17.5. The lowest BCUT2D eigenvalue weighted by Crippen LogP contribution is -2.26. The van der Waals surface area contributed by atoms with Gasteiger partial charge in [0, 0.05) is 0 Å². The van der Waals surface area contributed by atoms with Gasteiger partial charge in [0.25, 0.3) is 0 Å². The van der Waals surface area contributed by atoms with Crippen LogP contribution in [0.1, 0.15) is 37.0 Å². The Morgan fingerprint density at radius 2 is 1.59 bits per heavy atom. The van der Waals surface area contributed by atoms with E-state index in [0.717, 1.165) is 5.30 Å². The summed E-state index contributed by atoms with van der Waals surface area (Å²) in [6.07, 6.45) is 2.57. The normalized spacial score (nSPS) is 12.9. The molecule has 0 fully saturated rings. The zero-order valence-electron chi connectivity index (χ0n) is 16.6. The van der Waals surface area contributed by atoms with Crippen LogP contribution in [-0.4, -0.2) is 30.4 Å². The average Bonchev–Trinajstić information content (AvgIpc) is 2.68. The number of carbonyl (C=O) groups excluding carboxylic acids is 2. The Bertz CT molecular complexity index is 859. The summed E-state index contributed by atoms with van der Waals surface area (Å²) < 4.78 is 10.6. The van der Waals surface area contributed by atoms with Gasteiger partial charge in [0.05, 0.1) is 24.4 Å². The Labute approximate surface area is 172 Å². The van der Waals surface area contributed by atoms with Crippen LogP contribution in [0.25, 0.3) is 0 Å². The minimum atomic E-state index is -1.03. The fourth-order valence-electron chi connectivity index (χ4n) is 2.59. The fourth-order valence-corrected chi connectivity index (χ4v) is 3.75. The maximum absolute atomic E-state index is 12.5. The van der Waals surface area contributed by atoms with Crippen LogP contribution in [0.2, 0.25) is 0 Å². The molecule has 0 saturated carbocycles. The molecule has 0 N–H and O–H groups in total. The maximum Gasteiger partial charge on any atom is 0.338 e. The van der Waals surface area contributed by atoms with E-state index in [1.165, 1.54) is 0 Å². The summed E-state index contributed by atoms with van der Waals surface area (Å²) in [7, 11) is -1.03. The Kier molecular flexibility index (Phi) is 8.63. The number of ether oxygens (including phenoxy) is 2. The first kappa shape index (κ1) is 22.4. The van der Waals surface area contributed by atoms with Gasteiger partial charge in [0.15, 0.2) is 12.8 Å². The van der Waals surface area contributed by atoms with E-state index < -0.39 is 25.6 Å². The summed E-state index contributed by atoms with van der Waals surface area (Å²) in [5.74, 6) is 0.222. The predicted octanol–water partition coefficient (Wildman–Crippen LogP) is 3.38. The van der Waals surface area contributed by atoms with E-state index >= 15 is 0 Å².